The predicted molar refractivity (Wildman–Crippen MR) is 88.4 cm³/mol. The van der Waals surface area contributed by atoms with Gasteiger partial charge in [0, 0.05) is 39.2 Å². The van der Waals surface area contributed by atoms with Crippen molar-refractivity contribution in [1.82, 2.24) is 15.4 Å². The molecule has 2 rings (SSSR count). The van der Waals surface area contributed by atoms with Crippen LogP contribution in [0.3, 0.4) is 0 Å². The largest absolute Gasteiger partial charge is 0.381 e. The lowest BCUT2D eigenvalue weighted by molar-refractivity contribution is 0.181. The van der Waals surface area contributed by atoms with Gasteiger partial charge in [-0.3, -0.25) is 4.99 Å². The number of nitrogens with zero attached hydrogens (tertiary/aromatic N) is 3. The monoisotopic (exact) mass is 394 g/mol. The van der Waals surface area contributed by atoms with Crippen LogP contribution < -0.4 is 5.32 Å². The van der Waals surface area contributed by atoms with Crippen molar-refractivity contribution in [2.75, 3.05) is 33.9 Å². The van der Waals surface area contributed by atoms with Gasteiger partial charge in [0.15, 0.2) is 11.7 Å². The van der Waals surface area contributed by atoms with Gasteiger partial charge in [0.2, 0.25) is 0 Å². The van der Waals surface area contributed by atoms with E-state index in [0.29, 0.717) is 12.5 Å². The van der Waals surface area contributed by atoms with Gasteiger partial charge in [-0.05, 0) is 13.3 Å². The summed E-state index contributed by atoms with van der Waals surface area (Å²) in [5.41, 5.74) is 0.892. The van der Waals surface area contributed by atoms with E-state index in [-0.39, 0.29) is 24.0 Å². The average molecular weight is 394 g/mol. The molecule has 1 aromatic heterocycles. The third-order valence-electron chi connectivity index (χ3n) is 3.23. The molecule has 1 aliphatic rings. The van der Waals surface area contributed by atoms with E-state index in [1.54, 1.807) is 7.05 Å². The summed E-state index contributed by atoms with van der Waals surface area (Å²) < 4.78 is 10.6. The zero-order valence-electron chi connectivity index (χ0n) is 12.3. The van der Waals surface area contributed by atoms with Crippen molar-refractivity contribution in [3.05, 3.63) is 17.5 Å². The molecule has 0 aliphatic carbocycles. The first-order valence-corrected chi connectivity index (χ1v) is 6.60. The lowest BCUT2D eigenvalue weighted by atomic mass is 10.1. The van der Waals surface area contributed by atoms with E-state index in [0.717, 1.165) is 43.6 Å². The third kappa shape index (κ3) is 4.93. The van der Waals surface area contributed by atoms with Crippen molar-refractivity contribution in [1.29, 1.82) is 0 Å². The zero-order chi connectivity index (χ0) is 13.7. The summed E-state index contributed by atoms with van der Waals surface area (Å²) in [4.78, 5) is 6.41. The maximum atomic E-state index is 5.39. The standard InChI is InChI=1S/C13H22N4O2.HI/c1-10-6-12(19-16-10)7-15-13(14-2)17(3)8-11-4-5-18-9-11;/h6,11H,4-5,7-9H2,1-3H3,(H,14,15);1H. The first kappa shape index (κ1) is 17.2. The fraction of sp³-hybridized carbons (Fsp3) is 0.692. The van der Waals surface area contributed by atoms with Crippen molar-refractivity contribution >= 4 is 29.9 Å². The summed E-state index contributed by atoms with van der Waals surface area (Å²) >= 11 is 0. The highest BCUT2D eigenvalue weighted by Crippen LogP contribution is 2.13. The SMILES string of the molecule is CN=C(NCc1cc(C)no1)N(C)CC1CCOC1.I. The Balaban J connectivity index is 0.00000200. The Morgan fingerprint density at radius 2 is 2.40 bits per heavy atom. The topological polar surface area (TPSA) is 62.9 Å². The highest BCUT2D eigenvalue weighted by molar-refractivity contribution is 14.0. The Hall–Kier alpha value is -0.830. The van der Waals surface area contributed by atoms with E-state index >= 15 is 0 Å². The van der Waals surface area contributed by atoms with Gasteiger partial charge in [0.05, 0.1) is 18.8 Å². The molecule has 0 radical (unpaired) electrons. The van der Waals surface area contributed by atoms with Crippen LogP contribution in [0.25, 0.3) is 0 Å². The summed E-state index contributed by atoms with van der Waals surface area (Å²) in [6, 6.07) is 1.92. The van der Waals surface area contributed by atoms with Gasteiger partial charge >= 0.3 is 0 Å². The van der Waals surface area contributed by atoms with E-state index in [1.165, 1.54) is 0 Å². The van der Waals surface area contributed by atoms with Crippen LogP contribution in [0.4, 0.5) is 0 Å². The Kier molecular flexibility index (Phi) is 7.28. The normalized spacial score (nSPS) is 18.8. The van der Waals surface area contributed by atoms with Crippen LogP contribution in [-0.2, 0) is 11.3 Å². The smallest absolute Gasteiger partial charge is 0.193 e. The van der Waals surface area contributed by atoms with Crippen LogP contribution in [0.15, 0.2) is 15.6 Å². The minimum Gasteiger partial charge on any atom is -0.381 e. The molecule has 0 bridgehead atoms. The molecule has 0 amide bonds. The van der Waals surface area contributed by atoms with Gasteiger partial charge in [0.1, 0.15) is 0 Å². The van der Waals surface area contributed by atoms with Crippen molar-refractivity contribution in [2.24, 2.45) is 10.9 Å². The number of halogens is 1. The van der Waals surface area contributed by atoms with Crippen LogP contribution in [0.2, 0.25) is 0 Å². The van der Waals surface area contributed by atoms with Gasteiger partial charge < -0.3 is 19.5 Å². The lowest BCUT2D eigenvalue weighted by Crippen LogP contribution is -2.41. The van der Waals surface area contributed by atoms with E-state index < -0.39 is 0 Å². The molecule has 1 fully saturated rings. The fourth-order valence-corrected chi connectivity index (χ4v) is 2.25. The molecule has 1 aliphatic heterocycles. The van der Waals surface area contributed by atoms with Crippen LogP contribution in [-0.4, -0.2) is 49.9 Å². The molecule has 0 aromatic carbocycles. The second-order valence-corrected chi connectivity index (χ2v) is 4.95. The Labute approximate surface area is 137 Å². The van der Waals surface area contributed by atoms with E-state index in [4.69, 9.17) is 9.26 Å². The summed E-state index contributed by atoms with van der Waals surface area (Å²) in [6.07, 6.45) is 1.13. The van der Waals surface area contributed by atoms with Crippen LogP contribution in [0.5, 0.6) is 0 Å². The minimum atomic E-state index is 0. The Morgan fingerprint density at radius 3 is 2.95 bits per heavy atom. The number of aryl methyl sites for hydroxylation is 1. The molecule has 0 spiro atoms. The molecule has 1 aromatic rings. The number of aromatic nitrogens is 1. The van der Waals surface area contributed by atoms with Gasteiger partial charge in [0.25, 0.3) is 0 Å². The summed E-state index contributed by atoms with van der Waals surface area (Å²) in [5, 5.41) is 7.14. The number of hydrogen-bond acceptors (Lipinski definition) is 4. The minimum absolute atomic E-state index is 0. The molecule has 2 heterocycles. The van der Waals surface area contributed by atoms with Crippen LogP contribution in [0.1, 0.15) is 17.9 Å². The number of hydrogen-bond donors (Lipinski definition) is 1. The summed E-state index contributed by atoms with van der Waals surface area (Å²) in [6.45, 7) is 5.19. The first-order chi connectivity index (χ1) is 9.19. The highest BCUT2D eigenvalue weighted by Gasteiger charge is 2.19. The van der Waals surface area contributed by atoms with Crippen LogP contribution in [0, 0.1) is 12.8 Å². The van der Waals surface area contributed by atoms with Gasteiger partial charge in [-0.1, -0.05) is 5.16 Å². The number of rotatable bonds is 4. The van der Waals surface area contributed by atoms with Crippen molar-refractivity contribution in [2.45, 2.75) is 19.9 Å². The number of ether oxygens (including phenoxy) is 1. The molecule has 6 nitrogen and oxygen atoms in total. The van der Waals surface area contributed by atoms with E-state index in [1.807, 2.05) is 20.0 Å². The molecule has 1 unspecified atom stereocenters. The van der Waals surface area contributed by atoms with E-state index in [2.05, 4.69) is 20.4 Å². The molecule has 7 heteroatoms. The molecule has 20 heavy (non-hydrogen) atoms. The van der Waals surface area contributed by atoms with Gasteiger partial charge in [-0.15, -0.1) is 24.0 Å². The molecular weight excluding hydrogens is 371 g/mol. The third-order valence-corrected chi connectivity index (χ3v) is 3.23. The molecule has 1 atom stereocenters. The Bertz CT molecular complexity index is 430. The predicted octanol–water partition coefficient (Wildman–Crippen LogP) is 1.64. The molecule has 1 saturated heterocycles. The number of aliphatic imine (C=N–C) groups is 1. The van der Waals surface area contributed by atoms with Gasteiger partial charge in [-0.25, -0.2) is 0 Å². The number of guanidine groups is 1. The van der Waals surface area contributed by atoms with Crippen LogP contribution >= 0.6 is 24.0 Å². The van der Waals surface area contributed by atoms with Gasteiger partial charge in [-0.2, -0.15) is 0 Å². The fourth-order valence-electron chi connectivity index (χ4n) is 2.25. The van der Waals surface area contributed by atoms with E-state index in [9.17, 15) is 0 Å². The maximum Gasteiger partial charge on any atom is 0.193 e. The van der Waals surface area contributed by atoms with Crippen molar-refractivity contribution < 1.29 is 9.26 Å². The Morgan fingerprint density at radius 1 is 1.60 bits per heavy atom. The molecule has 0 saturated carbocycles. The molecule has 1 N–H and O–H groups in total. The quantitative estimate of drug-likeness (QED) is 0.478. The molecule has 114 valence electrons. The van der Waals surface area contributed by atoms with Crippen molar-refractivity contribution in [3.63, 3.8) is 0 Å². The lowest BCUT2D eigenvalue weighted by Gasteiger charge is -2.24. The second-order valence-electron chi connectivity index (χ2n) is 4.95. The highest BCUT2D eigenvalue weighted by atomic mass is 127. The zero-order valence-corrected chi connectivity index (χ0v) is 14.6. The summed E-state index contributed by atoms with van der Waals surface area (Å²) in [5.74, 6) is 2.27. The maximum absolute atomic E-state index is 5.39. The molecular formula is C13H23IN4O2. The first-order valence-electron chi connectivity index (χ1n) is 6.60. The average Bonchev–Trinajstić information content (AvgIpc) is 3.02. The summed E-state index contributed by atoms with van der Waals surface area (Å²) in [7, 11) is 3.83. The number of nitrogens with one attached hydrogen (secondary N) is 1. The second kappa shape index (κ2) is 8.46. The van der Waals surface area contributed by atoms with Crippen molar-refractivity contribution in [3.8, 4) is 0 Å².